The smallest absolute Gasteiger partial charge is 0.383 e. The van der Waals surface area contributed by atoms with Crippen LogP contribution in [-0.4, -0.2) is 17.4 Å². The lowest BCUT2D eigenvalue weighted by Crippen LogP contribution is -2.30. The Hall–Kier alpha value is -0.550. The molecule has 1 heterocycles. The van der Waals surface area contributed by atoms with E-state index in [1.165, 1.54) is 11.3 Å². The summed E-state index contributed by atoms with van der Waals surface area (Å²) in [5, 5.41) is 10.4. The van der Waals surface area contributed by atoms with Crippen molar-refractivity contribution < 1.29 is 18.3 Å². The van der Waals surface area contributed by atoms with Gasteiger partial charge in [-0.25, -0.2) is 0 Å². The van der Waals surface area contributed by atoms with Crippen LogP contribution in [0.1, 0.15) is 10.4 Å². The van der Waals surface area contributed by atoms with Crippen LogP contribution in [0.4, 0.5) is 13.2 Å². The molecule has 0 aliphatic carbocycles. The van der Waals surface area contributed by atoms with E-state index in [4.69, 9.17) is 5.11 Å². The highest BCUT2D eigenvalue weighted by atomic mass is 32.1. The van der Waals surface area contributed by atoms with E-state index >= 15 is 0 Å². The van der Waals surface area contributed by atoms with Gasteiger partial charge < -0.3 is 5.11 Å². The number of rotatable bonds is 2. The number of halogens is 3. The Morgan fingerprint density at radius 1 is 1.54 bits per heavy atom. The molecular formula is C8H9F3OS. The number of alkyl halides is 3. The van der Waals surface area contributed by atoms with E-state index in [2.05, 4.69) is 0 Å². The van der Waals surface area contributed by atoms with E-state index in [0.717, 1.165) is 4.88 Å². The molecule has 0 radical (unpaired) electrons. The SMILES string of the molecule is Cc1cc(CC(O)C(F)(F)F)cs1. The highest BCUT2D eigenvalue weighted by Gasteiger charge is 2.37. The Kier molecular flexibility index (Phi) is 2.98. The third kappa shape index (κ3) is 3.00. The van der Waals surface area contributed by atoms with E-state index in [0.29, 0.717) is 5.56 Å². The Balaban J connectivity index is 2.60. The molecule has 1 aromatic rings. The Labute approximate surface area is 77.8 Å². The fraction of sp³-hybridized carbons (Fsp3) is 0.500. The lowest BCUT2D eigenvalue weighted by Gasteiger charge is -2.12. The van der Waals surface area contributed by atoms with Gasteiger partial charge in [-0.1, -0.05) is 0 Å². The number of aliphatic hydroxyl groups excluding tert-OH is 1. The first-order valence-electron chi connectivity index (χ1n) is 3.68. The van der Waals surface area contributed by atoms with Gasteiger partial charge in [-0.05, 0) is 23.9 Å². The molecule has 0 spiro atoms. The molecule has 0 saturated carbocycles. The fourth-order valence-corrected chi connectivity index (χ4v) is 1.66. The van der Waals surface area contributed by atoms with Crippen molar-refractivity contribution in [3.05, 3.63) is 21.9 Å². The number of hydrogen-bond donors (Lipinski definition) is 1. The van der Waals surface area contributed by atoms with Crippen molar-refractivity contribution in [2.24, 2.45) is 0 Å². The maximum Gasteiger partial charge on any atom is 0.414 e. The van der Waals surface area contributed by atoms with Crippen molar-refractivity contribution >= 4 is 11.3 Å². The minimum Gasteiger partial charge on any atom is -0.383 e. The van der Waals surface area contributed by atoms with Crippen LogP contribution in [0, 0.1) is 6.92 Å². The first kappa shape index (κ1) is 10.5. The van der Waals surface area contributed by atoms with Crippen LogP contribution in [0.3, 0.4) is 0 Å². The number of aliphatic hydroxyl groups is 1. The zero-order valence-corrected chi connectivity index (χ0v) is 7.75. The molecule has 1 nitrogen and oxygen atoms in total. The first-order chi connectivity index (χ1) is 5.89. The van der Waals surface area contributed by atoms with Gasteiger partial charge in [0.25, 0.3) is 0 Å². The topological polar surface area (TPSA) is 20.2 Å². The highest BCUT2D eigenvalue weighted by Crippen LogP contribution is 2.24. The van der Waals surface area contributed by atoms with Crippen molar-refractivity contribution in [1.82, 2.24) is 0 Å². The van der Waals surface area contributed by atoms with Gasteiger partial charge in [0, 0.05) is 11.3 Å². The van der Waals surface area contributed by atoms with Crippen molar-refractivity contribution in [2.45, 2.75) is 25.6 Å². The van der Waals surface area contributed by atoms with Crippen LogP contribution >= 0.6 is 11.3 Å². The first-order valence-corrected chi connectivity index (χ1v) is 4.56. The van der Waals surface area contributed by atoms with Crippen molar-refractivity contribution in [3.63, 3.8) is 0 Å². The molecule has 0 aliphatic heterocycles. The Morgan fingerprint density at radius 2 is 2.15 bits per heavy atom. The van der Waals surface area contributed by atoms with Gasteiger partial charge in [-0.3, -0.25) is 0 Å². The molecule has 0 saturated heterocycles. The molecule has 5 heteroatoms. The molecule has 1 aromatic heterocycles. The van der Waals surface area contributed by atoms with Crippen LogP contribution in [-0.2, 0) is 6.42 Å². The molecule has 0 aliphatic rings. The molecule has 0 aromatic carbocycles. The summed E-state index contributed by atoms with van der Waals surface area (Å²) in [6, 6.07) is 1.65. The van der Waals surface area contributed by atoms with Crippen molar-refractivity contribution in [3.8, 4) is 0 Å². The second-order valence-corrected chi connectivity index (χ2v) is 3.94. The van der Waals surface area contributed by atoms with Gasteiger partial charge in [0.2, 0.25) is 0 Å². The highest BCUT2D eigenvalue weighted by molar-refractivity contribution is 7.10. The predicted octanol–water partition coefficient (Wildman–Crippen LogP) is 2.52. The lowest BCUT2D eigenvalue weighted by atomic mass is 10.1. The summed E-state index contributed by atoms with van der Waals surface area (Å²) in [5.74, 6) is 0. The molecule has 1 N–H and O–H groups in total. The maximum absolute atomic E-state index is 11.9. The molecule has 0 fully saturated rings. The summed E-state index contributed by atoms with van der Waals surface area (Å²) in [7, 11) is 0. The van der Waals surface area contributed by atoms with Crippen LogP contribution < -0.4 is 0 Å². The van der Waals surface area contributed by atoms with Gasteiger partial charge in [0.15, 0.2) is 6.10 Å². The van der Waals surface area contributed by atoms with Crippen LogP contribution in [0.25, 0.3) is 0 Å². The molecular weight excluding hydrogens is 201 g/mol. The molecule has 0 bridgehead atoms. The number of aryl methyl sites for hydroxylation is 1. The van der Waals surface area contributed by atoms with E-state index in [-0.39, 0.29) is 6.42 Å². The average Bonchev–Trinajstić information content (AvgIpc) is 2.33. The summed E-state index contributed by atoms with van der Waals surface area (Å²) in [4.78, 5) is 0.948. The van der Waals surface area contributed by atoms with Gasteiger partial charge in [-0.2, -0.15) is 13.2 Å². The third-order valence-corrected chi connectivity index (χ3v) is 2.50. The van der Waals surface area contributed by atoms with E-state index in [1.807, 2.05) is 6.92 Å². The standard InChI is InChI=1S/C8H9F3OS/c1-5-2-6(4-13-5)3-7(12)8(9,10)11/h2,4,7,12H,3H2,1H3. The summed E-state index contributed by atoms with van der Waals surface area (Å²) < 4.78 is 35.7. The van der Waals surface area contributed by atoms with Crippen LogP contribution in [0.15, 0.2) is 11.4 Å². The van der Waals surface area contributed by atoms with E-state index in [9.17, 15) is 13.2 Å². The second-order valence-electron chi connectivity index (χ2n) is 2.83. The quantitative estimate of drug-likeness (QED) is 0.795. The summed E-state index contributed by atoms with van der Waals surface area (Å²) >= 11 is 1.38. The van der Waals surface area contributed by atoms with Crippen LogP contribution in [0.5, 0.6) is 0 Å². The molecule has 1 unspecified atom stereocenters. The van der Waals surface area contributed by atoms with Gasteiger partial charge in [-0.15, -0.1) is 11.3 Å². The normalized spacial score (nSPS) is 14.5. The van der Waals surface area contributed by atoms with Gasteiger partial charge in [0.05, 0.1) is 0 Å². The fourth-order valence-electron chi connectivity index (χ4n) is 0.944. The zero-order chi connectivity index (χ0) is 10.1. The van der Waals surface area contributed by atoms with E-state index in [1.54, 1.807) is 11.4 Å². The molecule has 74 valence electrons. The monoisotopic (exact) mass is 210 g/mol. The Bertz CT molecular complexity index is 279. The summed E-state index contributed by atoms with van der Waals surface area (Å²) in [6.45, 7) is 1.81. The third-order valence-electron chi connectivity index (χ3n) is 1.59. The van der Waals surface area contributed by atoms with Crippen LogP contribution in [0.2, 0.25) is 0 Å². The molecule has 1 rings (SSSR count). The Morgan fingerprint density at radius 3 is 2.54 bits per heavy atom. The zero-order valence-electron chi connectivity index (χ0n) is 6.93. The number of hydrogen-bond acceptors (Lipinski definition) is 2. The second kappa shape index (κ2) is 3.67. The lowest BCUT2D eigenvalue weighted by molar-refractivity contribution is -0.203. The van der Waals surface area contributed by atoms with Crippen molar-refractivity contribution in [2.75, 3.05) is 0 Å². The van der Waals surface area contributed by atoms with Gasteiger partial charge >= 0.3 is 6.18 Å². The number of thiophene rings is 1. The average molecular weight is 210 g/mol. The molecule has 13 heavy (non-hydrogen) atoms. The van der Waals surface area contributed by atoms with E-state index < -0.39 is 12.3 Å². The van der Waals surface area contributed by atoms with Crippen molar-refractivity contribution in [1.29, 1.82) is 0 Å². The van der Waals surface area contributed by atoms with Gasteiger partial charge in [0.1, 0.15) is 0 Å². The summed E-state index contributed by atoms with van der Waals surface area (Å²) in [5.41, 5.74) is 0.535. The minimum absolute atomic E-state index is 0.353. The minimum atomic E-state index is -4.52. The largest absolute Gasteiger partial charge is 0.414 e. The summed E-state index contributed by atoms with van der Waals surface area (Å²) in [6.07, 6.45) is -7.12. The maximum atomic E-state index is 11.9. The molecule has 0 amide bonds. The predicted molar refractivity (Wildman–Crippen MR) is 44.8 cm³/mol. The molecule has 1 atom stereocenters.